The molecule has 64 valence electrons. The molecule has 0 amide bonds. The maximum absolute atomic E-state index is 10.7. The van der Waals surface area contributed by atoms with Gasteiger partial charge in [-0.25, -0.2) is 4.79 Å². The summed E-state index contributed by atoms with van der Waals surface area (Å²) < 4.78 is 0. The third-order valence-corrected chi connectivity index (χ3v) is 2.25. The molecule has 4 heteroatoms. The molecule has 1 aromatic rings. The molecule has 0 aromatic heterocycles. The predicted octanol–water partition coefficient (Wildman–Crippen LogP) is -0.685. The molecule has 0 radical (unpaired) electrons. The van der Waals surface area contributed by atoms with Crippen LogP contribution in [-0.4, -0.2) is 16.8 Å². The largest absolute Gasteiger partial charge is 1.00 e. The van der Waals surface area contributed by atoms with E-state index in [0.29, 0.717) is 11.3 Å². The zero-order valence-corrected chi connectivity index (χ0v) is 10.3. The quantitative estimate of drug-likeness (QED) is 0.402. The number of carboxylic acid groups (broad SMARTS) is 1. The van der Waals surface area contributed by atoms with Crippen molar-refractivity contribution in [3.05, 3.63) is 36.8 Å². The topological polar surface area (TPSA) is 37.3 Å². The number of hydrogen-bond acceptors (Lipinski definition) is 2. The molecule has 1 rings (SSSR count). The Bertz CT molecular complexity index is 289. The van der Waals surface area contributed by atoms with Gasteiger partial charge >= 0.3 is 35.5 Å². The van der Waals surface area contributed by atoms with E-state index in [-0.39, 0.29) is 29.6 Å². The molecule has 0 spiro atoms. The zero-order chi connectivity index (χ0) is 8.97. The molecule has 0 aliphatic rings. The summed E-state index contributed by atoms with van der Waals surface area (Å²) >= 11 is 1.44. The first-order valence-corrected chi connectivity index (χ1v) is 4.48. The van der Waals surface area contributed by atoms with Crippen LogP contribution in [0.25, 0.3) is 0 Å². The summed E-state index contributed by atoms with van der Waals surface area (Å²) in [6.45, 7) is 3.65. The SMILES string of the molecule is [CH2-]CSc1ccccc1C(=O)O.[Na+]. The third-order valence-electron chi connectivity index (χ3n) is 1.38. The second kappa shape index (κ2) is 6.49. The first-order valence-electron chi connectivity index (χ1n) is 3.50. The molecule has 0 atom stereocenters. The molecule has 0 aliphatic heterocycles. The maximum Gasteiger partial charge on any atom is 1.00 e. The van der Waals surface area contributed by atoms with Crippen LogP contribution >= 0.6 is 11.8 Å². The van der Waals surface area contributed by atoms with E-state index in [4.69, 9.17) is 5.11 Å². The van der Waals surface area contributed by atoms with Gasteiger partial charge < -0.3 is 12.0 Å². The number of rotatable bonds is 3. The molecule has 13 heavy (non-hydrogen) atoms. The van der Waals surface area contributed by atoms with Crippen LogP contribution in [0.3, 0.4) is 0 Å². The molecule has 1 aromatic carbocycles. The van der Waals surface area contributed by atoms with Crippen molar-refractivity contribution >= 4 is 17.7 Å². The van der Waals surface area contributed by atoms with E-state index in [1.54, 1.807) is 18.2 Å². The number of carboxylic acids is 1. The van der Waals surface area contributed by atoms with E-state index in [0.717, 1.165) is 4.90 Å². The smallest absolute Gasteiger partial charge is 0.478 e. The third kappa shape index (κ3) is 3.73. The summed E-state index contributed by atoms with van der Waals surface area (Å²) in [7, 11) is 0. The van der Waals surface area contributed by atoms with E-state index in [1.807, 2.05) is 6.07 Å². The van der Waals surface area contributed by atoms with Crippen LogP contribution in [-0.2, 0) is 0 Å². The summed E-state index contributed by atoms with van der Waals surface area (Å²) in [6.07, 6.45) is 0. The Hall–Kier alpha value is 0.0400. The number of aromatic carboxylic acids is 1. The molecule has 0 heterocycles. The molecular weight excluding hydrogens is 195 g/mol. The average molecular weight is 204 g/mol. The molecule has 0 bridgehead atoms. The van der Waals surface area contributed by atoms with Crippen molar-refractivity contribution in [3.8, 4) is 0 Å². The van der Waals surface area contributed by atoms with E-state index >= 15 is 0 Å². The van der Waals surface area contributed by atoms with Crippen LogP contribution in [0, 0.1) is 6.92 Å². The molecular formula is C9H9NaO2S. The summed E-state index contributed by atoms with van der Waals surface area (Å²) in [4.78, 5) is 11.4. The van der Waals surface area contributed by atoms with E-state index in [2.05, 4.69) is 6.92 Å². The van der Waals surface area contributed by atoms with Crippen molar-refractivity contribution in [2.45, 2.75) is 4.90 Å². The first kappa shape index (κ1) is 13.0. The van der Waals surface area contributed by atoms with Gasteiger partial charge in [-0.05, 0) is 12.1 Å². The summed E-state index contributed by atoms with van der Waals surface area (Å²) in [5.41, 5.74) is 0.353. The normalized spacial score (nSPS) is 9.00. The zero-order valence-electron chi connectivity index (χ0n) is 7.49. The average Bonchev–Trinajstić information content (AvgIpc) is 2.05. The van der Waals surface area contributed by atoms with Gasteiger partial charge in [0.2, 0.25) is 0 Å². The Balaban J connectivity index is 0.00000144. The molecule has 0 unspecified atom stereocenters. The van der Waals surface area contributed by atoms with Crippen molar-refractivity contribution in [1.29, 1.82) is 0 Å². The summed E-state index contributed by atoms with van der Waals surface area (Å²) in [5, 5.41) is 8.76. The minimum atomic E-state index is -0.883. The fourth-order valence-electron chi connectivity index (χ4n) is 0.879. The van der Waals surface area contributed by atoms with Gasteiger partial charge in [-0.2, -0.15) is 11.8 Å². The van der Waals surface area contributed by atoms with Gasteiger partial charge in [0.15, 0.2) is 0 Å². The van der Waals surface area contributed by atoms with Crippen molar-refractivity contribution in [3.63, 3.8) is 0 Å². The Morgan fingerprint density at radius 3 is 2.62 bits per heavy atom. The standard InChI is InChI=1S/C9H9O2S.Na/c1-2-12-8-6-4-3-5-7(8)9(10)11;/h3-6H,1-2H2,(H,10,11);/q-1;+1. The van der Waals surface area contributed by atoms with Gasteiger partial charge in [0.1, 0.15) is 0 Å². The van der Waals surface area contributed by atoms with Gasteiger partial charge in [-0.1, -0.05) is 12.1 Å². The van der Waals surface area contributed by atoms with Crippen LogP contribution in [0.2, 0.25) is 0 Å². The van der Waals surface area contributed by atoms with E-state index in [9.17, 15) is 4.79 Å². The monoisotopic (exact) mass is 204 g/mol. The van der Waals surface area contributed by atoms with Gasteiger partial charge in [-0.15, -0.1) is 5.75 Å². The van der Waals surface area contributed by atoms with Crippen LogP contribution in [0.1, 0.15) is 10.4 Å². The minimum Gasteiger partial charge on any atom is -0.478 e. The molecule has 0 aliphatic carbocycles. The fraction of sp³-hybridized carbons (Fsp3) is 0.111. The van der Waals surface area contributed by atoms with Gasteiger partial charge in [-0.3, -0.25) is 0 Å². The molecule has 0 saturated carbocycles. The van der Waals surface area contributed by atoms with Gasteiger partial charge in [0.05, 0.1) is 5.56 Å². The van der Waals surface area contributed by atoms with Crippen molar-refractivity contribution < 1.29 is 39.5 Å². The van der Waals surface area contributed by atoms with Crippen molar-refractivity contribution in [2.75, 3.05) is 5.75 Å². The molecule has 2 nitrogen and oxygen atoms in total. The number of benzene rings is 1. The minimum absolute atomic E-state index is 0. The number of thioether (sulfide) groups is 1. The second-order valence-electron chi connectivity index (χ2n) is 2.15. The maximum atomic E-state index is 10.7. The molecule has 0 saturated heterocycles. The molecule has 1 N–H and O–H groups in total. The van der Waals surface area contributed by atoms with Gasteiger partial charge in [0.25, 0.3) is 0 Å². The molecule has 0 fully saturated rings. The van der Waals surface area contributed by atoms with Crippen LogP contribution < -0.4 is 29.6 Å². The second-order valence-corrected chi connectivity index (χ2v) is 3.29. The van der Waals surface area contributed by atoms with Crippen molar-refractivity contribution in [1.82, 2.24) is 0 Å². The summed E-state index contributed by atoms with van der Waals surface area (Å²) in [5.74, 6) is -0.240. The van der Waals surface area contributed by atoms with Crippen LogP contribution in [0.15, 0.2) is 29.2 Å². The number of carbonyl (C=O) groups is 1. The van der Waals surface area contributed by atoms with Crippen LogP contribution in [0.4, 0.5) is 0 Å². The Morgan fingerprint density at radius 2 is 2.08 bits per heavy atom. The summed E-state index contributed by atoms with van der Waals surface area (Å²) in [6, 6.07) is 6.93. The van der Waals surface area contributed by atoms with Crippen molar-refractivity contribution in [2.24, 2.45) is 0 Å². The first-order chi connectivity index (χ1) is 5.75. The Kier molecular flexibility index (Phi) is 6.51. The Morgan fingerprint density at radius 1 is 1.46 bits per heavy atom. The van der Waals surface area contributed by atoms with Crippen LogP contribution in [0.5, 0.6) is 0 Å². The Labute approximate surface area is 104 Å². The predicted molar refractivity (Wildman–Crippen MR) is 49.5 cm³/mol. The van der Waals surface area contributed by atoms with E-state index < -0.39 is 5.97 Å². The number of hydrogen-bond donors (Lipinski definition) is 1. The van der Waals surface area contributed by atoms with E-state index in [1.165, 1.54) is 11.8 Å². The fourth-order valence-corrected chi connectivity index (χ4v) is 1.58. The van der Waals surface area contributed by atoms with Gasteiger partial charge in [0, 0.05) is 4.90 Å².